The van der Waals surface area contributed by atoms with Crippen molar-refractivity contribution in [1.82, 2.24) is 20.4 Å². The molecule has 0 fully saturated rings. The third-order valence-corrected chi connectivity index (χ3v) is 4.64. The minimum Gasteiger partial charge on any atom is -0.497 e. The number of rotatable bonds is 10. The summed E-state index contributed by atoms with van der Waals surface area (Å²) in [5.41, 5.74) is 4.59. The highest BCUT2D eigenvalue weighted by atomic mass is 127. The molecule has 1 aromatic carbocycles. The van der Waals surface area contributed by atoms with Crippen LogP contribution in [-0.2, 0) is 24.2 Å². The topological polar surface area (TPSA) is 72.7 Å². The molecule has 0 saturated heterocycles. The fourth-order valence-electron chi connectivity index (χ4n) is 2.98. The molecule has 0 aliphatic heterocycles. The van der Waals surface area contributed by atoms with Crippen LogP contribution in [0.5, 0.6) is 5.75 Å². The fraction of sp³-hybridized carbons (Fsp3) is 0.524. The summed E-state index contributed by atoms with van der Waals surface area (Å²) < 4.78 is 12.4. The lowest BCUT2D eigenvalue weighted by atomic mass is 10.1. The maximum Gasteiger partial charge on any atom is 0.191 e. The van der Waals surface area contributed by atoms with Gasteiger partial charge in [0.2, 0.25) is 0 Å². The van der Waals surface area contributed by atoms with E-state index >= 15 is 0 Å². The summed E-state index contributed by atoms with van der Waals surface area (Å²) in [6, 6.07) is 8.15. The first kappa shape index (κ1) is 25.2. The van der Waals surface area contributed by atoms with Crippen LogP contribution < -0.4 is 15.4 Å². The van der Waals surface area contributed by atoms with E-state index in [4.69, 9.17) is 14.5 Å². The molecular formula is C21H34IN5O2. The van der Waals surface area contributed by atoms with Gasteiger partial charge in [-0.05, 0) is 44.9 Å². The second kappa shape index (κ2) is 13.4. The highest BCUT2D eigenvalue weighted by Gasteiger charge is 2.11. The molecule has 2 aromatic rings. The number of aromatic nitrogens is 2. The molecule has 0 radical (unpaired) electrons. The Labute approximate surface area is 191 Å². The third kappa shape index (κ3) is 7.85. The summed E-state index contributed by atoms with van der Waals surface area (Å²) in [6.07, 6.45) is 0.918. The summed E-state index contributed by atoms with van der Waals surface area (Å²) in [5.74, 6) is 1.70. The van der Waals surface area contributed by atoms with Gasteiger partial charge in [0.1, 0.15) is 5.75 Å². The van der Waals surface area contributed by atoms with Crippen molar-refractivity contribution in [3.8, 4) is 5.75 Å². The van der Waals surface area contributed by atoms with Gasteiger partial charge in [0.05, 0.1) is 32.5 Å². The smallest absolute Gasteiger partial charge is 0.191 e. The normalized spacial score (nSPS) is 11.1. The van der Waals surface area contributed by atoms with E-state index in [1.165, 1.54) is 11.1 Å². The molecule has 7 nitrogen and oxygen atoms in total. The predicted molar refractivity (Wildman–Crippen MR) is 129 cm³/mol. The van der Waals surface area contributed by atoms with Crippen LogP contribution in [0.25, 0.3) is 0 Å². The van der Waals surface area contributed by atoms with Crippen LogP contribution >= 0.6 is 24.0 Å². The zero-order chi connectivity index (χ0) is 20.4. The van der Waals surface area contributed by atoms with Crippen LogP contribution in [0.1, 0.15) is 29.4 Å². The van der Waals surface area contributed by atoms with Crippen molar-refractivity contribution in [2.24, 2.45) is 4.99 Å². The molecule has 8 heteroatoms. The Morgan fingerprint density at radius 2 is 1.86 bits per heavy atom. The van der Waals surface area contributed by atoms with Crippen molar-refractivity contribution in [2.45, 2.75) is 40.3 Å². The van der Waals surface area contributed by atoms with Gasteiger partial charge in [0.25, 0.3) is 0 Å². The molecule has 0 bridgehead atoms. The molecule has 0 atom stereocenters. The molecule has 0 amide bonds. The van der Waals surface area contributed by atoms with Crippen LogP contribution in [0.2, 0.25) is 0 Å². The number of hydrogen-bond acceptors (Lipinski definition) is 4. The zero-order valence-corrected chi connectivity index (χ0v) is 20.4. The fourth-order valence-corrected chi connectivity index (χ4v) is 2.98. The predicted octanol–water partition coefficient (Wildman–Crippen LogP) is 3.07. The second-order valence-corrected chi connectivity index (χ2v) is 6.59. The number of methoxy groups -OCH3 is 2. The first-order chi connectivity index (χ1) is 13.6. The molecule has 1 aromatic heterocycles. The van der Waals surface area contributed by atoms with Crippen LogP contribution in [0.4, 0.5) is 0 Å². The molecule has 0 saturated carbocycles. The molecule has 0 unspecified atom stereocenters. The van der Waals surface area contributed by atoms with E-state index in [0.29, 0.717) is 13.2 Å². The van der Waals surface area contributed by atoms with E-state index in [9.17, 15) is 0 Å². The highest BCUT2D eigenvalue weighted by molar-refractivity contribution is 14.0. The van der Waals surface area contributed by atoms with Gasteiger partial charge >= 0.3 is 0 Å². The van der Waals surface area contributed by atoms with Crippen molar-refractivity contribution < 1.29 is 9.47 Å². The highest BCUT2D eigenvalue weighted by Crippen LogP contribution is 2.14. The molecule has 2 rings (SSSR count). The van der Waals surface area contributed by atoms with Gasteiger partial charge in [-0.25, -0.2) is 4.99 Å². The van der Waals surface area contributed by atoms with E-state index in [-0.39, 0.29) is 24.0 Å². The average Bonchev–Trinajstić information content (AvgIpc) is 2.98. The number of guanidine groups is 1. The Balaban J connectivity index is 0.00000420. The SMILES string of the molecule is CCNC(=NCc1c(C)nn(CCOC)c1C)NCCc1ccc(OC)cc1.I. The van der Waals surface area contributed by atoms with Gasteiger partial charge in [-0.1, -0.05) is 12.1 Å². The number of benzene rings is 1. The van der Waals surface area contributed by atoms with Gasteiger partial charge < -0.3 is 20.1 Å². The van der Waals surface area contributed by atoms with E-state index in [1.54, 1.807) is 14.2 Å². The van der Waals surface area contributed by atoms with Crippen molar-refractivity contribution in [3.63, 3.8) is 0 Å². The summed E-state index contributed by atoms with van der Waals surface area (Å²) in [6.45, 7) is 9.83. The van der Waals surface area contributed by atoms with Crippen molar-refractivity contribution in [2.75, 3.05) is 33.9 Å². The molecule has 0 aliphatic rings. The van der Waals surface area contributed by atoms with Crippen molar-refractivity contribution in [3.05, 3.63) is 46.8 Å². The van der Waals surface area contributed by atoms with Crippen LogP contribution in [0, 0.1) is 13.8 Å². The standard InChI is InChI=1S/C21H33N5O2.HI/c1-6-22-21(23-12-11-18-7-9-19(28-5)10-8-18)24-15-20-16(2)25-26(17(20)3)13-14-27-4;/h7-10H,6,11-15H2,1-5H3,(H2,22,23,24);1H. The number of nitrogens with zero attached hydrogens (tertiary/aromatic N) is 3. The Morgan fingerprint density at radius 3 is 2.48 bits per heavy atom. The van der Waals surface area contributed by atoms with E-state index in [0.717, 1.165) is 49.2 Å². The largest absolute Gasteiger partial charge is 0.497 e. The molecule has 0 spiro atoms. The van der Waals surface area contributed by atoms with E-state index < -0.39 is 0 Å². The molecule has 29 heavy (non-hydrogen) atoms. The zero-order valence-electron chi connectivity index (χ0n) is 18.1. The summed E-state index contributed by atoms with van der Waals surface area (Å²) >= 11 is 0. The van der Waals surface area contributed by atoms with Gasteiger partial charge in [-0.3, -0.25) is 4.68 Å². The van der Waals surface area contributed by atoms with E-state index in [2.05, 4.69) is 41.7 Å². The van der Waals surface area contributed by atoms with Crippen LogP contribution in [0.3, 0.4) is 0 Å². The average molecular weight is 515 g/mol. The minimum atomic E-state index is 0. The lowest BCUT2D eigenvalue weighted by Gasteiger charge is -2.12. The Hall–Kier alpha value is -1.81. The maximum absolute atomic E-state index is 5.20. The van der Waals surface area contributed by atoms with Crippen molar-refractivity contribution >= 4 is 29.9 Å². The molecular weight excluding hydrogens is 481 g/mol. The van der Waals surface area contributed by atoms with E-state index in [1.807, 2.05) is 23.7 Å². The van der Waals surface area contributed by atoms with Gasteiger partial charge in [0.15, 0.2) is 5.96 Å². The molecule has 0 aliphatic carbocycles. The number of hydrogen-bond donors (Lipinski definition) is 2. The number of halogens is 1. The molecule has 1 heterocycles. The van der Waals surface area contributed by atoms with Gasteiger partial charge in [-0.2, -0.15) is 5.10 Å². The molecule has 2 N–H and O–H groups in total. The lowest BCUT2D eigenvalue weighted by Crippen LogP contribution is -2.38. The minimum absolute atomic E-state index is 0. The summed E-state index contributed by atoms with van der Waals surface area (Å²) in [4.78, 5) is 4.75. The molecule has 162 valence electrons. The maximum atomic E-state index is 5.20. The number of ether oxygens (including phenoxy) is 2. The van der Waals surface area contributed by atoms with Crippen molar-refractivity contribution in [1.29, 1.82) is 0 Å². The Morgan fingerprint density at radius 1 is 1.14 bits per heavy atom. The first-order valence-electron chi connectivity index (χ1n) is 9.76. The first-order valence-corrected chi connectivity index (χ1v) is 9.76. The Kier molecular flexibility index (Phi) is 11.7. The Bertz CT molecular complexity index is 759. The summed E-state index contributed by atoms with van der Waals surface area (Å²) in [7, 11) is 3.39. The van der Waals surface area contributed by atoms with Crippen LogP contribution in [0.15, 0.2) is 29.3 Å². The summed E-state index contributed by atoms with van der Waals surface area (Å²) in [5, 5.41) is 11.3. The van der Waals surface area contributed by atoms with Gasteiger partial charge in [-0.15, -0.1) is 24.0 Å². The number of nitrogens with one attached hydrogen (secondary N) is 2. The number of aliphatic imine (C=N–C) groups is 1. The third-order valence-electron chi connectivity index (χ3n) is 4.64. The lowest BCUT2D eigenvalue weighted by molar-refractivity contribution is 0.182. The van der Waals surface area contributed by atoms with Crippen LogP contribution in [-0.4, -0.2) is 49.7 Å². The monoisotopic (exact) mass is 515 g/mol. The second-order valence-electron chi connectivity index (χ2n) is 6.59. The quantitative estimate of drug-likeness (QED) is 0.289. The van der Waals surface area contributed by atoms with Gasteiger partial charge in [0, 0.05) is 31.5 Å². The number of aryl methyl sites for hydroxylation is 1.